The number of hydrogen-bond acceptors (Lipinski definition) is 5. The second-order valence-corrected chi connectivity index (χ2v) is 3.11. The number of aromatic nitrogens is 1. The maximum atomic E-state index is 11.5. The van der Waals surface area contributed by atoms with Crippen LogP contribution in [0.5, 0.6) is 0 Å². The van der Waals surface area contributed by atoms with Crippen LogP contribution in [0, 0.1) is 0 Å². The van der Waals surface area contributed by atoms with Crippen LogP contribution in [0.2, 0.25) is 0 Å². The summed E-state index contributed by atoms with van der Waals surface area (Å²) >= 11 is 0. The zero-order chi connectivity index (χ0) is 11.3. The molecular weight excluding hydrogens is 196 g/mol. The van der Waals surface area contributed by atoms with Gasteiger partial charge in [0.25, 0.3) is 0 Å². The lowest BCUT2D eigenvalue weighted by molar-refractivity contribution is 0.0115. The van der Waals surface area contributed by atoms with Gasteiger partial charge in [-0.1, -0.05) is 0 Å². The molecule has 0 saturated heterocycles. The summed E-state index contributed by atoms with van der Waals surface area (Å²) in [6.45, 7) is 2.08. The molecule has 0 bridgehead atoms. The van der Waals surface area contributed by atoms with Crippen molar-refractivity contribution in [1.29, 1.82) is 0 Å². The van der Waals surface area contributed by atoms with E-state index in [0.29, 0.717) is 12.3 Å². The number of nitrogen functional groups attached to an aromatic ring is 1. The number of pyridine rings is 1. The number of rotatable bonds is 4. The minimum atomic E-state index is -0.530. The molecule has 0 radical (unpaired) electrons. The van der Waals surface area contributed by atoms with Crippen molar-refractivity contribution in [3.8, 4) is 0 Å². The van der Waals surface area contributed by atoms with E-state index in [1.54, 1.807) is 26.2 Å². The fourth-order valence-electron chi connectivity index (χ4n) is 1.10. The molecule has 1 aromatic rings. The average molecular weight is 210 g/mol. The molecule has 1 atom stereocenters. The predicted molar refractivity (Wildman–Crippen MR) is 55.4 cm³/mol. The molecule has 1 aromatic heterocycles. The first kappa shape index (κ1) is 11.5. The van der Waals surface area contributed by atoms with E-state index in [2.05, 4.69) is 4.98 Å². The third kappa shape index (κ3) is 3.21. The van der Waals surface area contributed by atoms with E-state index in [9.17, 15) is 4.79 Å². The van der Waals surface area contributed by atoms with Gasteiger partial charge in [0, 0.05) is 13.3 Å². The lowest BCUT2D eigenvalue weighted by atomic mass is 10.3. The Bertz CT molecular complexity index is 341. The van der Waals surface area contributed by atoms with Crippen molar-refractivity contribution >= 4 is 11.7 Å². The highest BCUT2D eigenvalue weighted by Crippen LogP contribution is 2.09. The maximum Gasteiger partial charge on any atom is 0.359 e. The molecule has 0 spiro atoms. The molecule has 0 aliphatic heterocycles. The molecule has 5 heteroatoms. The van der Waals surface area contributed by atoms with Crippen LogP contribution in [0.3, 0.4) is 0 Å². The number of hydrogen-bond donors (Lipinski definition) is 1. The molecule has 82 valence electrons. The number of esters is 1. The van der Waals surface area contributed by atoms with Crippen LogP contribution in [-0.4, -0.2) is 30.8 Å². The van der Waals surface area contributed by atoms with E-state index >= 15 is 0 Å². The van der Waals surface area contributed by atoms with Crippen molar-refractivity contribution in [3.63, 3.8) is 0 Å². The molecular formula is C10H14N2O3. The van der Waals surface area contributed by atoms with Crippen molar-refractivity contribution < 1.29 is 14.3 Å². The van der Waals surface area contributed by atoms with Gasteiger partial charge in [-0.2, -0.15) is 0 Å². The number of nitrogens with two attached hydrogens (primary N) is 1. The zero-order valence-electron chi connectivity index (χ0n) is 8.77. The lowest BCUT2D eigenvalue weighted by Gasteiger charge is -2.12. The second-order valence-electron chi connectivity index (χ2n) is 3.11. The Kier molecular flexibility index (Phi) is 4.05. The quantitative estimate of drug-likeness (QED) is 0.746. The van der Waals surface area contributed by atoms with Crippen molar-refractivity contribution in [3.05, 3.63) is 24.0 Å². The van der Waals surface area contributed by atoms with Crippen LogP contribution in [-0.2, 0) is 9.47 Å². The Labute approximate surface area is 88.2 Å². The smallest absolute Gasteiger partial charge is 0.359 e. The van der Waals surface area contributed by atoms with Gasteiger partial charge in [0.05, 0.1) is 12.3 Å². The Morgan fingerprint density at radius 1 is 1.67 bits per heavy atom. The topological polar surface area (TPSA) is 74.4 Å². The summed E-state index contributed by atoms with van der Waals surface area (Å²) in [4.78, 5) is 15.4. The lowest BCUT2D eigenvalue weighted by Crippen LogP contribution is -2.21. The van der Waals surface area contributed by atoms with E-state index in [1.807, 2.05) is 0 Å². The van der Waals surface area contributed by atoms with Crippen molar-refractivity contribution in [1.82, 2.24) is 4.98 Å². The van der Waals surface area contributed by atoms with Crippen molar-refractivity contribution in [2.75, 3.05) is 19.5 Å². The van der Waals surface area contributed by atoms with E-state index < -0.39 is 5.97 Å². The third-order valence-electron chi connectivity index (χ3n) is 1.74. The maximum absolute atomic E-state index is 11.5. The molecule has 0 fully saturated rings. The van der Waals surface area contributed by atoms with Crippen LogP contribution in [0.4, 0.5) is 5.69 Å². The molecule has 1 heterocycles. The summed E-state index contributed by atoms with van der Waals surface area (Å²) < 4.78 is 9.89. The second kappa shape index (κ2) is 5.31. The summed E-state index contributed by atoms with van der Waals surface area (Å²) in [6.07, 6.45) is 1.18. The van der Waals surface area contributed by atoms with E-state index in [0.717, 1.165) is 0 Å². The van der Waals surface area contributed by atoms with Crippen LogP contribution >= 0.6 is 0 Å². The SMILES string of the molecule is COCC(C)OC(=O)c1ncccc1N. The molecule has 5 nitrogen and oxygen atoms in total. The molecule has 0 aliphatic carbocycles. The monoisotopic (exact) mass is 210 g/mol. The Balaban J connectivity index is 2.65. The van der Waals surface area contributed by atoms with E-state index in [1.165, 1.54) is 6.20 Å². The van der Waals surface area contributed by atoms with Gasteiger partial charge in [0.2, 0.25) is 0 Å². The first-order chi connectivity index (χ1) is 7.15. The van der Waals surface area contributed by atoms with Crippen molar-refractivity contribution in [2.45, 2.75) is 13.0 Å². The fraction of sp³-hybridized carbons (Fsp3) is 0.400. The highest BCUT2D eigenvalue weighted by atomic mass is 16.6. The molecule has 0 amide bonds. The summed E-state index contributed by atoms with van der Waals surface area (Å²) in [7, 11) is 1.54. The molecule has 1 unspecified atom stereocenters. The Morgan fingerprint density at radius 2 is 2.40 bits per heavy atom. The molecule has 2 N–H and O–H groups in total. The van der Waals surface area contributed by atoms with Gasteiger partial charge < -0.3 is 15.2 Å². The minimum Gasteiger partial charge on any atom is -0.455 e. The van der Waals surface area contributed by atoms with Gasteiger partial charge in [0.1, 0.15) is 6.10 Å². The van der Waals surface area contributed by atoms with E-state index in [4.69, 9.17) is 15.2 Å². The number of nitrogens with zero attached hydrogens (tertiary/aromatic N) is 1. The largest absolute Gasteiger partial charge is 0.455 e. The number of carbonyl (C=O) groups is 1. The third-order valence-corrected chi connectivity index (χ3v) is 1.74. The molecule has 0 saturated carbocycles. The fourth-order valence-corrected chi connectivity index (χ4v) is 1.10. The standard InChI is InChI=1S/C10H14N2O3/c1-7(6-14-2)15-10(13)9-8(11)4-3-5-12-9/h3-5,7H,6,11H2,1-2H3. The van der Waals surface area contributed by atoms with Gasteiger partial charge in [-0.15, -0.1) is 0 Å². The number of ether oxygens (including phenoxy) is 2. The van der Waals surface area contributed by atoms with Gasteiger partial charge in [-0.05, 0) is 19.1 Å². The van der Waals surface area contributed by atoms with Gasteiger partial charge in [-0.25, -0.2) is 9.78 Å². The molecule has 15 heavy (non-hydrogen) atoms. The highest BCUT2D eigenvalue weighted by molar-refractivity contribution is 5.92. The summed E-state index contributed by atoms with van der Waals surface area (Å²) in [6, 6.07) is 3.26. The van der Waals surface area contributed by atoms with Gasteiger partial charge in [-0.3, -0.25) is 0 Å². The molecule has 0 aromatic carbocycles. The van der Waals surface area contributed by atoms with Gasteiger partial charge >= 0.3 is 5.97 Å². The number of carbonyl (C=O) groups excluding carboxylic acids is 1. The Hall–Kier alpha value is -1.62. The first-order valence-electron chi connectivity index (χ1n) is 4.55. The molecule has 1 rings (SSSR count). The average Bonchev–Trinajstić information content (AvgIpc) is 2.18. The van der Waals surface area contributed by atoms with Crippen LogP contribution in [0.15, 0.2) is 18.3 Å². The van der Waals surface area contributed by atoms with Crippen LogP contribution < -0.4 is 5.73 Å². The zero-order valence-corrected chi connectivity index (χ0v) is 8.77. The Morgan fingerprint density at radius 3 is 3.00 bits per heavy atom. The summed E-state index contributed by atoms with van der Waals surface area (Å²) in [5, 5.41) is 0. The highest BCUT2D eigenvalue weighted by Gasteiger charge is 2.15. The predicted octanol–water partition coefficient (Wildman–Crippen LogP) is 0.856. The van der Waals surface area contributed by atoms with E-state index in [-0.39, 0.29) is 11.8 Å². The first-order valence-corrected chi connectivity index (χ1v) is 4.55. The van der Waals surface area contributed by atoms with Crippen LogP contribution in [0.1, 0.15) is 17.4 Å². The molecule has 0 aliphatic rings. The van der Waals surface area contributed by atoms with Crippen molar-refractivity contribution in [2.24, 2.45) is 0 Å². The van der Waals surface area contributed by atoms with Gasteiger partial charge in [0.15, 0.2) is 5.69 Å². The summed E-state index contributed by atoms with van der Waals surface area (Å²) in [5.41, 5.74) is 6.03. The number of methoxy groups -OCH3 is 1. The summed E-state index contributed by atoms with van der Waals surface area (Å²) in [5.74, 6) is -0.530. The minimum absolute atomic E-state index is 0.139. The number of anilines is 1. The van der Waals surface area contributed by atoms with Crippen LogP contribution in [0.25, 0.3) is 0 Å². The normalized spacial score (nSPS) is 12.1.